The normalized spacial score (nSPS) is 13.3. The summed E-state index contributed by atoms with van der Waals surface area (Å²) in [4.78, 5) is 12.4. The molecule has 0 heterocycles. The predicted octanol–water partition coefficient (Wildman–Crippen LogP) is 17.6. The van der Waals surface area contributed by atoms with Crippen molar-refractivity contribution in [3.05, 3.63) is 60.8 Å². The van der Waals surface area contributed by atoms with Gasteiger partial charge in [0, 0.05) is 6.42 Å². The lowest BCUT2D eigenvalue weighted by Crippen LogP contribution is -2.45. The molecular weight excluding hydrogens is 747 g/mol. The summed E-state index contributed by atoms with van der Waals surface area (Å²) in [6.07, 6.45) is 73.7. The van der Waals surface area contributed by atoms with Crippen molar-refractivity contribution in [1.82, 2.24) is 5.32 Å². The van der Waals surface area contributed by atoms with Gasteiger partial charge >= 0.3 is 0 Å². The Hall–Kier alpha value is -1.91. The lowest BCUT2D eigenvalue weighted by Gasteiger charge is -2.20. The van der Waals surface area contributed by atoms with Gasteiger partial charge < -0.3 is 15.5 Å². The van der Waals surface area contributed by atoms with Gasteiger partial charge in [-0.1, -0.05) is 274 Å². The van der Waals surface area contributed by atoms with Crippen LogP contribution in [0.25, 0.3) is 0 Å². The zero-order valence-corrected chi connectivity index (χ0v) is 40.9. The molecule has 0 aromatic heterocycles. The number of amides is 1. The molecule has 0 rings (SSSR count). The van der Waals surface area contributed by atoms with Gasteiger partial charge in [0.1, 0.15) is 0 Å². The van der Waals surface area contributed by atoms with E-state index in [0.29, 0.717) is 6.42 Å². The van der Waals surface area contributed by atoms with Crippen LogP contribution in [0, 0.1) is 0 Å². The molecule has 0 saturated carbocycles. The maximum absolute atomic E-state index is 12.4. The van der Waals surface area contributed by atoms with Crippen LogP contribution in [0.15, 0.2) is 60.8 Å². The van der Waals surface area contributed by atoms with Crippen molar-refractivity contribution in [2.45, 2.75) is 289 Å². The van der Waals surface area contributed by atoms with Crippen LogP contribution in [0.1, 0.15) is 277 Å². The Morgan fingerprint density at radius 1 is 0.410 bits per heavy atom. The number of aliphatic hydroxyl groups excluding tert-OH is 2. The Labute approximate surface area is 381 Å². The predicted molar refractivity (Wildman–Crippen MR) is 271 cm³/mol. The number of rotatable bonds is 49. The van der Waals surface area contributed by atoms with Gasteiger partial charge in [-0.2, -0.15) is 0 Å². The van der Waals surface area contributed by atoms with E-state index in [1.54, 1.807) is 6.08 Å². The second-order valence-corrected chi connectivity index (χ2v) is 18.3. The van der Waals surface area contributed by atoms with Crippen LogP contribution in [0.4, 0.5) is 0 Å². The SMILES string of the molecule is CC/C=C\C/C=C\C/C=C\C/C=C\CCCCCCCCCCC(=O)NC(CO)C(O)/C=C/CCCCCCCCCCCCCCCCCCCCCCCCCCCC. The highest BCUT2D eigenvalue weighted by Crippen LogP contribution is 2.17. The number of unbranched alkanes of at least 4 members (excludes halogenated alkanes) is 34. The minimum absolute atomic E-state index is 0.0715. The zero-order chi connectivity index (χ0) is 44.2. The molecular formula is C57H105NO3. The van der Waals surface area contributed by atoms with E-state index < -0.39 is 12.1 Å². The maximum atomic E-state index is 12.4. The van der Waals surface area contributed by atoms with Gasteiger partial charge in [-0.25, -0.2) is 0 Å². The van der Waals surface area contributed by atoms with Gasteiger partial charge in [0.2, 0.25) is 5.91 Å². The number of hydrogen-bond donors (Lipinski definition) is 3. The highest BCUT2D eigenvalue weighted by atomic mass is 16.3. The first-order valence-corrected chi connectivity index (χ1v) is 27.0. The summed E-state index contributed by atoms with van der Waals surface area (Å²) in [6, 6.07) is -0.630. The molecule has 0 aliphatic rings. The molecule has 0 spiro atoms. The zero-order valence-electron chi connectivity index (χ0n) is 40.9. The fourth-order valence-corrected chi connectivity index (χ4v) is 8.17. The van der Waals surface area contributed by atoms with Crippen molar-refractivity contribution >= 4 is 5.91 Å². The molecule has 4 heteroatoms. The molecule has 0 aromatic carbocycles. The second kappa shape index (κ2) is 52.4. The minimum Gasteiger partial charge on any atom is -0.394 e. The summed E-state index contributed by atoms with van der Waals surface area (Å²) in [6.45, 7) is 4.21. The molecule has 61 heavy (non-hydrogen) atoms. The van der Waals surface area contributed by atoms with Crippen molar-refractivity contribution in [3.8, 4) is 0 Å². The molecule has 4 nitrogen and oxygen atoms in total. The third kappa shape index (κ3) is 49.0. The van der Waals surface area contributed by atoms with Gasteiger partial charge in [0.15, 0.2) is 0 Å². The van der Waals surface area contributed by atoms with Crippen LogP contribution in [-0.2, 0) is 4.79 Å². The largest absolute Gasteiger partial charge is 0.394 e. The summed E-state index contributed by atoms with van der Waals surface area (Å²) < 4.78 is 0. The maximum Gasteiger partial charge on any atom is 0.220 e. The first-order chi connectivity index (χ1) is 30.2. The number of carbonyl (C=O) groups excluding carboxylic acids is 1. The number of carbonyl (C=O) groups is 1. The smallest absolute Gasteiger partial charge is 0.220 e. The van der Waals surface area contributed by atoms with E-state index in [9.17, 15) is 15.0 Å². The standard InChI is InChI=1S/C57H105NO3/c1-3-5-7-9-11-13-15-17-19-21-23-25-26-27-28-29-30-31-33-34-36-38-40-42-44-46-48-50-52-56(60)55(54-59)58-57(61)53-51-49-47-45-43-41-39-37-35-32-24-22-20-18-16-14-12-10-8-6-4-2/h6,8,12,14,18,20,24,32,50,52,55-56,59-60H,3-5,7,9-11,13,15-17,19,21-23,25-31,33-49,51,53-54H2,1-2H3,(H,58,61)/b8-6-,14-12-,20-18-,32-24-,52-50+. The van der Waals surface area contributed by atoms with Gasteiger partial charge in [0.05, 0.1) is 18.8 Å². The molecule has 1 amide bonds. The van der Waals surface area contributed by atoms with Crippen molar-refractivity contribution < 1.29 is 15.0 Å². The van der Waals surface area contributed by atoms with Crippen molar-refractivity contribution in [2.24, 2.45) is 0 Å². The van der Waals surface area contributed by atoms with Crippen molar-refractivity contribution in [3.63, 3.8) is 0 Å². The second-order valence-electron chi connectivity index (χ2n) is 18.3. The molecule has 0 aliphatic heterocycles. The van der Waals surface area contributed by atoms with E-state index in [2.05, 4.69) is 67.8 Å². The number of aliphatic hydroxyl groups is 2. The Kier molecular flexibility index (Phi) is 50.8. The average molecular weight is 852 g/mol. The minimum atomic E-state index is -0.846. The third-order valence-electron chi connectivity index (χ3n) is 12.3. The molecule has 356 valence electrons. The summed E-state index contributed by atoms with van der Waals surface area (Å²) in [7, 11) is 0. The van der Waals surface area contributed by atoms with Gasteiger partial charge in [0.25, 0.3) is 0 Å². The molecule has 2 atom stereocenters. The fraction of sp³-hybridized carbons (Fsp3) is 0.807. The number of allylic oxidation sites excluding steroid dienone is 9. The lowest BCUT2D eigenvalue weighted by atomic mass is 10.0. The summed E-state index contributed by atoms with van der Waals surface area (Å²) in [5.74, 6) is -0.0715. The van der Waals surface area contributed by atoms with Gasteiger partial charge in [-0.3, -0.25) is 4.79 Å². The molecule has 0 saturated heterocycles. The molecule has 2 unspecified atom stereocenters. The third-order valence-corrected chi connectivity index (χ3v) is 12.3. The molecule has 0 fully saturated rings. The highest BCUT2D eigenvalue weighted by Gasteiger charge is 2.18. The van der Waals surface area contributed by atoms with E-state index in [1.807, 2.05) is 6.08 Å². The van der Waals surface area contributed by atoms with E-state index in [4.69, 9.17) is 0 Å². The number of nitrogens with one attached hydrogen (secondary N) is 1. The Balaban J connectivity index is 3.51. The molecule has 0 aromatic rings. The van der Waals surface area contributed by atoms with Crippen LogP contribution in [-0.4, -0.2) is 34.9 Å². The first kappa shape index (κ1) is 59.1. The Bertz CT molecular complexity index is 1010. The Morgan fingerprint density at radius 2 is 0.721 bits per heavy atom. The highest BCUT2D eigenvalue weighted by molar-refractivity contribution is 5.76. The topological polar surface area (TPSA) is 69.6 Å². The van der Waals surface area contributed by atoms with E-state index in [0.717, 1.165) is 51.4 Å². The number of hydrogen-bond acceptors (Lipinski definition) is 3. The van der Waals surface area contributed by atoms with Crippen LogP contribution in [0.2, 0.25) is 0 Å². The van der Waals surface area contributed by atoms with E-state index in [-0.39, 0.29) is 12.5 Å². The van der Waals surface area contributed by atoms with Crippen LogP contribution in [0.5, 0.6) is 0 Å². The first-order valence-electron chi connectivity index (χ1n) is 27.0. The molecule has 0 radical (unpaired) electrons. The Morgan fingerprint density at radius 3 is 1.08 bits per heavy atom. The van der Waals surface area contributed by atoms with Crippen LogP contribution >= 0.6 is 0 Å². The van der Waals surface area contributed by atoms with Crippen molar-refractivity contribution in [2.75, 3.05) is 6.61 Å². The summed E-state index contributed by atoms with van der Waals surface area (Å²) >= 11 is 0. The van der Waals surface area contributed by atoms with Gasteiger partial charge in [-0.05, 0) is 57.8 Å². The monoisotopic (exact) mass is 852 g/mol. The van der Waals surface area contributed by atoms with Gasteiger partial charge in [-0.15, -0.1) is 0 Å². The van der Waals surface area contributed by atoms with E-state index in [1.165, 1.54) is 205 Å². The van der Waals surface area contributed by atoms with Crippen LogP contribution in [0.3, 0.4) is 0 Å². The average Bonchev–Trinajstić information content (AvgIpc) is 3.26. The molecule has 0 bridgehead atoms. The summed E-state index contributed by atoms with van der Waals surface area (Å²) in [5, 5.41) is 23.2. The summed E-state index contributed by atoms with van der Waals surface area (Å²) in [5.41, 5.74) is 0. The fourth-order valence-electron chi connectivity index (χ4n) is 8.17. The van der Waals surface area contributed by atoms with Crippen LogP contribution < -0.4 is 5.32 Å². The molecule has 3 N–H and O–H groups in total. The van der Waals surface area contributed by atoms with E-state index >= 15 is 0 Å². The lowest BCUT2D eigenvalue weighted by molar-refractivity contribution is -0.123. The van der Waals surface area contributed by atoms with Crippen molar-refractivity contribution in [1.29, 1.82) is 0 Å². The molecule has 0 aliphatic carbocycles. The quantitative estimate of drug-likeness (QED) is 0.0422.